The maximum absolute atomic E-state index is 12.6. The number of rotatable bonds is 5. The van der Waals surface area contributed by atoms with Crippen molar-refractivity contribution in [3.8, 4) is 5.75 Å². The van der Waals surface area contributed by atoms with Gasteiger partial charge in [0, 0.05) is 12.2 Å². The summed E-state index contributed by atoms with van der Waals surface area (Å²) in [7, 11) is 0. The number of nitrogens with one attached hydrogen (secondary N) is 1. The van der Waals surface area contributed by atoms with Gasteiger partial charge in [-0.15, -0.1) is 0 Å². The second-order valence-electron chi connectivity index (χ2n) is 4.76. The van der Waals surface area contributed by atoms with Gasteiger partial charge in [0.1, 0.15) is 5.75 Å². The summed E-state index contributed by atoms with van der Waals surface area (Å²) >= 11 is 0. The molecule has 0 radical (unpaired) electrons. The van der Waals surface area contributed by atoms with Crippen LogP contribution in [0.2, 0.25) is 0 Å². The number of hydrogen-bond acceptors (Lipinski definition) is 3. The predicted octanol–water partition coefficient (Wildman–Crippen LogP) is 3.18. The molecule has 0 atom stereocenters. The van der Waals surface area contributed by atoms with Gasteiger partial charge in [0.15, 0.2) is 6.61 Å². The fourth-order valence-electron chi connectivity index (χ4n) is 1.84. The van der Waals surface area contributed by atoms with Crippen LogP contribution in [0.15, 0.2) is 48.5 Å². The van der Waals surface area contributed by atoms with Crippen molar-refractivity contribution in [2.45, 2.75) is 12.7 Å². The molecule has 7 heteroatoms. The monoisotopic (exact) mass is 324 g/mol. The lowest BCUT2D eigenvalue weighted by molar-refractivity contribution is -0.137. The zero-order valence-electron chi connectivity index (χ0n) is 12.1. The first kappa shape index (κ1) is 16.8. The summed E-state index contributed by atoms with van der Waals surface area (Å²) in [5.74, 6) is -0.0754. The Morgan fingerprint density at radius 2 is 1.83 bits per heavy atom. The highest BCUT2D eigenvalue weighted by Crippen LogP contribution is 2.30. The number of alkyl halides is 3. The van der Waals surface area contributed by atoms with Crippen LogP contribution < -0.4 is 15.8 Å². The van der Waals surface area contributed by atoms with Crippen LogP contribution in [0.5, 0.6) is 5.75 Å². The quantitative estimate of drug-likeness (QED) is 0.888. The van der Waals surface area contributed by atoms with Crippen molar-refractivity contribution in [3.05, 3.63) is 59.7 Å². The van der Waals surface area contributed by atoms with E-state index in [1.54, 1.807) is 24.3 Å². The molecule has 1 amide bonds. The highest BCUT2D eigenvalue weighted by atomic mass is 19.4. The number of halogens is 3. The largest absolute Gasteiger partial charge is 0.484 e. The summed E-state index contributed by atoms with van der Waals surface area (Å²) in [4.78, 5) is 11.7. The molecular weight excluding hydrogens is 309 g/mol. The van der Waals surface area contributed by atoms with E-state index < -0.39 is 17.6 Å². The number of ether oxygens (including phenoxy) is 1. The molecule has 0 aromatic heterocycles. The fraction of sp³-hybridized carbons (Fsp3) is 0.188. The molecule has 0 aliphatic carbocycles. The fourth-order valence-corrected chi connectivity index (χ4v) is 1.84. The third kappa shape index (κ3) is 5.00. The van der Waals surface area contributed by atoms with Crippen molar-refractivity contribution in [3.63, 3.8) is 0 Å². The number of carbonyl (C=O) groups excluding carboxylic acids is 1. The van der Waals surface area contributed by atoms with Gasteiger partial charge in [-0.3, -0.25) is 4.79 Å². The minimum atomic E-state index is -4.46. The lowest BCUT2D eigenvalue weighted by Gasteiger charge is -2.10. The molecule has 2 aromatic rings. The van der Waals surface area contributed by atoms with E-state index >= 15 is 0 Å². The number of nitrogens with two attached hydrogens (primary N) is 1. The third-order valence-electron chi connectivity index (χ3n) is 3.00. The Labute approximate surface area is 131 Å². The average Bonchev–Trinajstić information content (AvgIpc) is 2.53. The van der Waals surface area contributed by atoms with E-state index in [0.29, 0.717) is 12.3 Å². The molecule has 0 aliphatic rings. The average molecular weight is 324 g/mol. The molecule has 0 heterocycles. The van der Waals surface area contributed by atoms with Gasteiger partial charge in [-0.2, -0.15) is 13.2 Å². The molecule has 0 aliphatic heterocycles. The Morgan fingerprint density at radius 3 is 2.43 bits per heavy atom. The summed E-state index contributed by atoms with van der Waals surface area (Å²) in [6.07, 6.45) is -4.46. The maximum atomic E-state index is 12.6. The van der Waals surface area contributed by atoms with Crippen molar-refractivity contribution in [2.24, 2.45) is 5.73 Å². The smallest absolute Gasteiger partial charge is 0.416 e. The minimum absolute atomic E-state index is 0.0619. The van der Waals surface area contributed by atoms with E-state index in [2.05, 4.69) is 5.32 Å². The van der Waals surface area contributed by atoms with Crippen molar-refractivity contribution in [1.29, 1.82) is 0 Å². The van der Waals surface area contributed by atoms with Crippen molar-refractivity contribution in [1.82, 2.24) is 0 Å². The van der Waals surface area contributed by atoms with E-state index in [1.807, 2.05) is 0 Å². The van der Waals surface area contributed by atoms with Crippen LogP contribution in [0.3, 0.4) is 0 Å². The zero-order valence-corrected chi connectivity index (χ0v) is 12.1. The van der Waals surface area contributed by atoms with E-state index in [9.17, 15) is 18.0 Å². The summed E-state index contributed by atoms with van der Waals surface area (Å²) in [6.45, 7) is 0.0918. The van der Waals surface area contributed by atoms with Crippen LogP contribution in [0.25, 0.3) is 0 Å². The van der Waals surface area contributed by atoms with Gasteiger partial charge in [0.2, 0.25) is 0 Å². The first-order valence-electron chi connectivity index (χ1n) is 6.77. The van der Waals surface area contributed by atoms with Crippen LogP contribution in [-0.2, 0) is 17.5 Å². The summed E-state index contributed by atoms with van der Waals surface area (Å²) in [6, 6.07) is 11.3. The van der Waals surface area contributed by atoms with Crippen molar-refractivity contribution >= 4 is 11.6 Å². The van der Waals surface area contributed by atoms with E-state index in [0.717, 1.165) is 17.7 Å². The second-order valence-corrected chi connectivity index (χ2v) is 4.76. The third-order valence-corrected chi connectivity index (χ3v) is 3.00. The van der Waals surface area contributed by atoms with E-state index in [4.69, 9.17) is 10.5 Å². The molecule has 23 heavy (non-hydrogen) atoms. The summed E-state index contributed by atoms with van der Waals surface area (Å²) < 4.78 is 43.0. The second kappa shape index (κ2) is 7.15. The highest BCUT2D eigenvalue weighted by Gasteiger charge is 2.30. The normalized spacial score (nSPS) is 11.1. The molecule has 4 nitrogen and oxygen atoms in total. The molecule has 0 fully saturated rings. The number of anilines is 1. The lowest BCUT2D eigenvalue weighted by Crippen LogP contribution is -2.20. The van der Waals surface area contributed by atoms with Crippen LogP contribution in [0.1, 0.15) is 11.1 Å². The van der Waals surface area contributed by atoms with E-state index in [1.165, 1.54) is 12.1 Å². The Kier molecular flexibility index (Phi) is 5.23. The van der Waals surface area contributed by atoms with Gasteiger partial charge < -0.3 is 15.8 Å². The first-order chi connectivity index (χ1) is 10.9. The van der Waals surface area contributed by atoms with Gasteiger partial charge in [0.25, 0.3) is 5.91 Å². The SMILES string of the molecule is NCc1ccc(OCC(=O)Nc2cccc(C(F)(F)F)c2)cc1. The van der Waals surface area contributed by atoms with Crippen molar-refractivity contribution in [2.75, 3.05) is 11.9 Å². The molecule has 0 saturated carbocycles. The molecule has 122 valence electrons. The predicted molar refractivity (Wildman–Crippen MR) is 79.9 cm³/mol. The molecular formula is C16H15F3N2O2. The minimum Gasteiger partial charge on any atom is -0.484 e. The molecule has 0 saturated heterocycles. The molecule has 0 bridgehead atoms. The molecule has 3 N–H and O–H groups in total. The molecule has 0 spiro atoms. The zero-order chi connectivity index (χ0) is 16.9. The van der Waals surface area contributed by atoms with Gasteiger partial charge in [-0.1, -0.05) is 18.2 Å². The van der Waals surface area contributed by atoms with E-state index in [-0.39, 0.29) is 12.3 Å². The van der Waals surface area contributed by atoms with Crippen molar-refractivity contribution < 1.29 is 22.7 Å². The Bertz CT molecular complexity index is 670. The standard InChI is InChI=1S/C16H15F3N2O2/c17-16(18,19)12-2-1-3-13(8-12)21-15(22)10-23-14-6-4-11(9-20)5-7-14/h1-8H,9-10,20H2,(H,21,22). The number of amides is 1. The number of hydrogen-bond donors (Lipinski definition) is 2. The van der Waals surface area contributed by atoms with Crippen LogP contribution in [0.4, 0.5) is 18.9 Å². The van der Waals surface area contributed by atoms with Crippen LogP contribution >= 0.6 is 0 Å². The Balaban J connectivity index is 1.91. The molecule has 2 aromatic carbocycles. The van der Waals surface area contributed by atoms with Gasteiger partial charge in [0.05, 0.1) is 5.56 Å². The van der Waals surface area contributed by atoms with Gasteiger partial charge >= 0.3 is 6.18 Å². The maximum Gasteiger partial charge on any atom is 0.416 e. The van der Waals surface area contributed by atoms with Crippen LogP contribution in [-0.4, -0.2) is 12.5 Å². The Morgan fingerprint density at radius 1 is 1.13 bits per heavy atom. The lowest BCUT2D eigenvalue weighted by atomic mass is 10.2. The molecule has 2 rings (SSSR count). The number of carbonyl (C=O) groups is 1. The Hall–Kier alpha value is -2.54. The summed E-state index contributed by atoms with van der Waals surface area (Å²) in [5.41, 5.74) is 5.62. The topological polar surface area (TPSA) is 64.3 Å². The van der Waals surface area contributed by atoms with Crippen LogP contribution in [0, 0.1) is 0 Å². The summed E-state index contributed by atoms with van der Waals surface area (Å²) in [5, 5.41) is 2.36. The first-order valence-corrected chi connectivity index (χ1v) is 6.77. The highest BCUT2D eigenvalue weighted by molar-refractivity contribution is 5.91. The molecule has 0 unspecified atom stereocenters. The van der Waals surface area contributed by atoms with Gasteiger partial charge in [-0.05, 0) is 35.9 Å². The van der Waals surface area contributed by atoms with Gasteiger partial charge in [-0.25, -0.2) is 0 Å². The number of benzene rings is 2.